The molecule has 0 aliphatic carbocycles. The van der Waals surface area contributed by atoms with Gasteiger partial charge in [-0.25, -0.2) is 9.78 Å². The van der Waals surface area contributed by atoms with Crippen LogP contribution in [0.25, 0.3) is 0 Å². The van der Waals surface area contributed by atoms with E-state index in [-0.39, 0.29) is 0 Å². The van der Waals surface area contributed by atoms with E-state index in [1.807, 2.05) is 0 Å². The third-order valence-corrected chi connectivity index (χ3v) is 3.51. The highest BCUT2D eigenvalue weighted by atomic mass is 32.2. The minimum atomic E-state index is -0.897. The lowest BCUT2D eigenvalue weighted by Gasteiger charge is -1.94. The van der Waals surface area contributed by atoms with Gasteiger partial charge >= 0.3 is 5.97 Å². The normalized spacial score (nSPS) is 10.1. The van der Waals surface area contributed by atoms with E-state index in [1.54, 1.807) is 30.0 Å². The lowest BCUT2D eigenvalue weighted by molar-refractivity contribution is 0.0702. The average molecular weight is 238 g/mol. The summed E-state index contributed by atoms with van der Waals surface area (Å²) in [5, 5.41) is 11.3. The Balaban J connectivity index is 2.15. The third kappa shape index (κ3) is 2.54. The summed E-state index contributed by atoms with van der Waals surface area (Å²) in [6.07, 6.45) is 4.84. The summed E-state index contributed by atoms with van der Waals surface area (Å²) in [5.74, 6) is -0.897. The number of thiophene rings is 1. The average Bonchev–Trinajstić information content (AvgIpc) is 2.68. The first-order valence-corrected chi connectivity index (χ1v) is 5.71. The number of rotatable bonds is 3. The van der Waals surface area contributed by atoms with Crippen LogP contribution in [0.2, 0.25) is 0 Å². The zero-order chi connectivity index (χ0) is 10.7. The van der Waals surface area contributed by atoms with Crippen LogP contribution in [0.15, 0.2) is 40.0 Å². The molecule has 1 N–H and O–H groups in total. The first-order chi connectivity index (χ1) is 7.25. The largest absolute Gasteiger partial charge is 0.477 e. The minimum absolute atomic E-state index is 0.335. The summed E-state index contributed by atoms with van der Waals surface area (Å²) >= 11 is 2.61. The van der Waals surface area contributed by atoms with Crippen LogP contribution in [0.4, 0.5) is 0 Å². The van der Waals surface area contributed by atoms with E-state index in [1.165, 1.54) is 23.1 Å². The van der Waals surface area contributed by atoms with Crippen molar-refractivity contribution in [2.24, 2.45) is 0 Å². The molecule has 0 aliphatic heterocycles. The molecule has 0 aromatic carbocycles. The van der Waals surface area contributed by atoms with Gasteiger partial charge in [-0.3, -0.25) is 4.98 Å². The summed E-state index contributed by atoms with van der Waals surface area (Å²) in [4.78, 5) is 19.9. The first kappa shape index (κ1) is 10.1. The first-order valence-electron chi connectivity index (χ1n) is 4.01. The van der Waals surface area contributed by atoms with Crippen molar-refractivity contribution >= 4 is 29.1 Å². The van der Waals surface area contributed by atoms with Gasteiger partial charge in [0.25, 0.3) is 0 Å². The summed E-state index contributed by atoms with van der Waals surface area (Å²) in [6, 6.07) is 1.63. The maximum atomic E-state index is 10.6. The second-order valence-corrected chi connectivity index (χ2v) is 4.60. The number of carbonyl (C=O) groups is 1. The molecule has 2 aromatic rings. The van der Waals surface area contributed by atoms with Crippen molar-refractivity contribution in [3.8, 4) is 0 Å². The van der Waals surface area contributed by atoms with Gasteiger partial charge in [-0.05, 0) is 6.07 Å². The maximum absolute atomic E-state index is 10.6. The Bertz CT molecular complexity index is 470. The quantitative estimate of drug-likeness (QED) is 0.889. The molecule has 2 heterocycles. The molecule has 4 nitrogen and oxygen atoms in total. The molecule has 0 fully saturated rings. The Morgan fingerprint density at radius 2 is 2.33 bits per heavy atom. The van der Waals surface area contributed by atoms with Gasteiger partial charge in [-0.15, -0.1) is 11.3 Å². The second kappa shape index (κ2) is 4.41. The van der Waals surface area contributed by atoms with Gasteiger partial charge in [0.2, 0.25) is 0 Å². The summed E-state index contributed by atoms with van der Waals surface area (Å²) in [6.45, 7) is 0. The maximum Gasteiger partial charge on any atom is 0.345 e. The zero-order valence-electron chi connectivity index (χ0n) is 7.45. The monoisotopic (exact) mass is 238 g/mol. The molecule has 0 unspecified atom stereocenters. The minimum Gasteiger partial charge on any atom is -0.477 e. The lowest BCUT2D eigenvalue weighted by atomic mass is 10.5. The van der Waals surface area contributed by atoms with E-state index in [2.05, 4.69) is 9.97 Å². The van der Waals surface area contributed by atoms with Gasteiger partial charge in [0.05, 0.1) is 6.20 Å². The molecule has 2 rings (SSSR count). The molecule has 0 radical (unpaired) electrons. The predicted molar refractivity (Wildman–Crippen MR) is 57.4 cm³/mol. The van der Waals surface area contributed by atoms with Gasteiger partial charge in [-0.2, -0.15) is 0 Å². The number of carboxylic acid groups (broad SMARTS) is 1. The van der Waals surface area contributed by atoms with Crippen LogP contribution in [0.1, 0.15) is 9.67 Å². The second-order valence-electron chi connectivity index (χ2n) is 2.60. The molecule has 0 amide bonds. The molecule has 6 heteroatoms. The fourth-order valence-corrected chi connectivity index (χ4v) is 2.61. The number of aromatic carboxylic acids is 1. The Morgan fingerprint density at radius 3 is 2.93 bits per heavy atom. The lowest BCUT2D eigenvalue weighted by Crippen LogP contribution is -1.89. The summed E-state index contributed by atoms with van der Waals surface area (Å²) < 4.78 is 0. The van der Waals surface area contributed by atoms with Crippen molar-refractivity contribution in [2.75, 3.05) is 0 Å². The molecular formula is C9H6N2O2S2. The molecule has 76 valence electrons. The molecule has 0 atom stereocenters. The van der Waals surface area contributed by atoms with E-state index in [0.717, 1.165) is 9.92 Å². The molecular weight excluding hydrogens is 232 g/mol. The van der Waals surface area contributed by atoms with Crippen LogP contribution >= 0.6 is 23.1 Å². The van der Waals surface area contributed by atoms with Crippen LogP contribution in [0.3, 0.4) is 0 Å². The molecule has 15 heavy (non-hydrogen) atoms. The standard InChI is InChI=1S/C9H6N2O2S2/c12-9(13)7-3-6(5-14-7)15-8-4-10-1-2-11-8/h1-5H,(H,12,13). The SMILES string of the molecule is O=C(O)c1cc(Sc2cnccn2)cs1. The highest BCUT2D eigenvalue weighted by Crippen LogP contribution is 2.29. The van der Waals surface area contributed by atoms with E-state index in [4.69, 9.17) is 5.11 Å². The molecule has 0 spiro atoms. The smallest absolute Gasteiger partial charge is 0.345 e. The highest BCUT2D eigenvalue weighted by molar-refractivity contribution is 7.99. The molecule has 0 aliphatic rings. The van der Waals surface area contributed by atoms with E-state index in [9.17, 15) is 4.79 Å². The van der Waals surface area contributed by atoms with Gasteiger partial charge in [-0.1, -0.05) is 11.8 Å². The van der Waals surface area contributed by atoms with Crippen LogP contribution in [-0.4, -0.2) is 21.0 Å². The van der Waals surface area contributed by atoms with Crippen molar-refractivity contribution in [1.29, 1.82) is 0 Å². The van der Waals surface area contributed by atoms with Gasteiger partial charge in [0, 0.05) is 22.7 Å². The number of hydrogen-bond acceptors (Lipinski definition) is 5. The Hall–Kier alpha value is -1.40. The molecule has 2 aromatic heterocycles. The summed E-state index contributed by atoms with van der Waals surface area (Å²) in [7, 11) is 0. The number of hydrogen-bond donors (Lipinski definition) is 1. The van der Waals surface area contributed by atoms with Crippen molar-refractivity contribution in [3.05, 3.63) is 34.9 Å². The Labute approximate surface area is 94.0 Å². The van der Waals surface area contributed by atoms with Crippen LogP contribution < -0.4 is 0 Å². The van der Waals surface area contributed by atoms with Gasteiger partial charge in [0.15, 0.2) is 0 Å². The summed E-state index contributed by atoms with van der Waals surface area (Å²) in [5.41, 5.74) is 0. The molecule has 0 saturated carbocycles. The van der Waals surface area contributed by atoms with E-state index in [0.29, 0.717) is 4.88 Å². The molecule has 0 bridgehead atoms. The van der Waals surface area contributed by atoms with E-state index >= 15 is 0 Å². The Kier molecular flexibility index (Phi) is 2.98. The van der Waals surface area contributed by atoms with Crippen LogP contribution in [-0.2, 0) is 0 Å². The fourth-order valence-electron chi connectivity index (χ4n) is 0.943. The van der Waals surface area contributed by atoms with Crippen LogP contribution in [0.5, 0.6) is 0 Å². The van der Waals surface area contributed by atoms with Crippen LogP contribution in [0, 0.1) is 0 Å². The Morgan fingerprint density at radius 1 is 1.47 bits per heavy atom. The van der Waals surface area contributed by atoms with Crippen molar-refractivity contribution in [3.63, 3.8) is 0 Å². The number of carboxylic acids is 1. The zero-order valence-corrected chi connectivity index (χ0v) is 9.09. The van der Waals surface area contributed by atoms with Gasteiger partial charge in [0.1, 0.15) is 9.90 Å². The number of aromatic nitrogens is 2. The van der Waals surface area contributed by atoms with E-state index < -0.39 is 5.97 Å². The van der Waals surface area contributed by atoms with Crippen molar-refractivity contribution in [1.82, 2.24) is 9.97 Å². The molecule has 0 saturated heterocycles. The topological polar surface area (TPSA) is 63.1 Å². The van der Waals surface area contributed by atoms with Gasteiger partial charge < -0.3 is 5.11 Å². The third-order valence-electron chi connectivity index (χ3n) is 1.55. The highest BCUT2D eigenvalue weighted by Gasteiger charge is 2.07. The van der Waals surface area contributed by atoms with Crippen molar-refractivity contribution in [2.45, 2.75) is 9.92 Å². The number of nitrogens with zero attached hydrogens (tertiary/aromatic N) is 2. The fraction of sp³-hybridized carbons (Fsp3) is 0. The van der Waals surface area contributed by atoms with Crippen molar-refractivity contribution < 1.29 is 9.90 Å². The predicted octanol–water partition coefficient (Wildman–Crippen LogP) is 2.39.